The van der Waals surface area contributed by atoms with Crippen molar-refractivity contribution in [3.05, 3.63) is 29.8 Å². The first-order chi connectivity index (χ1) is 9.43. The monoisotopic (exact) mass is 404 g/mol. The van der Waals surface area contributed by atoms with Crippen molar-refractivity contribution >= 4 is 35.6 Å². The van der Waals surface area contributed by atoms with Gasteiger partial charge in [-0.3, -0.25) is 4.99 Å². The SMILES string of the molecule is CN=C(NCc1ccc(N(C)C)cc1)NC(C)C(C)C.I. The predicted molar refractivity (Wildman–Crippen MR) is 104 cm³/mol. The van der Waals surface area contributed by atoms with E-state index >= 15 is 0 Å². The van der Waals surface area contributed by atoms with Gasteiger partial charge < -0.3 is 15.5 Å². The van der Waals surface area contributed by atoms with E-state index in [2.05, 4.69) is 65.6 Å². The number of benzene rings is 1. The van der Waals surface area contributed by atoms with Gasteiger partial charge in [-0.2, -0.15) is 0 Å². The molecule has 0 aliphatic carbocycles. The molecule has 0 radical (unpaired) electrons. The van der Waals surface area contributed by atoms with Crippen molar-refractivity contribution in [2.45, 2.75) is 33.4 Å². The normalized spacial score (nSPS) is 12.6. The molecule has 0 fully saturated rings. The molecule has 1 unspecified atom stereocenters. The molecule has 1 aromatic carbocycles. The highest BCUT2D eigenvalue weighted by Gasteiger charge is 2.08. The van der Waals surface area contributed by atoms with Gasteiger partial charge in [-0.1, -0.05) is 26.0 Å². The summed E-state index contributed by atoms with van der Waals surface area (Å²) in [7, 11) is 5.90. The zero-order valence-corrected chi connectivity index (χ0v) is 16.3. The standard InChI is InChI=1S/C16H28N4.HI/c1-12(2)13(3)19-16(17-4)18-11-14-7-9-15(10-8-14)20(5)6;/h7-10,12-13H,11H2,1-6H3,(H2,17,18,19);1H. The Morgan fingerprint density at radius 3 is 2.14 bits per heavy atom. The lowest BCUT2D eigenvalue weighted by atomic mass is 10.1. The minimum Gasteiger partial charge on any atom is -0.378 e. The summed E-state index contributed by atoms with van der Waals surface area (Å²) in [6, 6.07) is 8.94. The lowest BCUT2D eigenvalue weighted by molar-refractivity contribution is 0.481. The number of aliphatic imine (C=N–C) groups is 1. The predicted octanol–water partition coefficient (Wildman–Crippen LogP) is 3.08. The molecule has 0 saturated carbocycles. The van der Waals surface area contributed by atoms with Gasteiger partial charge >= 0.3 is 0 Å². The lowest BCUT2D eigenvalue weighted by Crippen LogP contribution is -2.43. The van der Waals surface area contributed by atoms with E-state index in [0.717, 1.165) is 12.5 Å². The molecule has 0 aliphatic rings. The summed E-state index contributed by atoms with van der Waals surface area (Å²) in [6.07, 6.45) is 0. The fourth-order valence-corrected chi connectivity index (χ4v) is 1.67. The van der Waals surface area contributed by atoms with E-state index < -0.39 is 0 Å². The number of rotatable bonds is 5. The number of anilines is 1. The molecule has 0 amide bonds. The second kappa shape index (κ2) is 9.87. The molecule has 1 rings (SSSR count). The molecule has 2 N–H and O–H groups in total. The Hall–Kier alpha value is -0.980. The number of nitrogens with zero attached hydrogens (tertiary/aromatic N) is 2. The number of guanidine groups is 1. The van der Waals surface area contributed by atoms with Crippen LogP contribution in [0.15, 0.2) is 29.3 Å². The van der Waals surface area contributed by atoms with Crippen LogP contribution in [0.5, 0.6) is 0 Å². The average Bonchev–Trinajstić information content (AvgIpc) is 2.43. The summed E-state index contributed by atoms with van der Waals surface area (Å²) in [5.74, 6) is 1.43. The third-order valence-corrected chi connectivity index (χ3v) is 3.50. The van der Waals surface area contributed by atoms with Crippen molar-refractivity contribution in [1.82, 2.24) is 10.6 Å². The van der Waals surface area contributed by atoms with E-state index in [-0.39, 0.29) is 24.0 Å². The Bertz CT molecular complexity index is 426. The highest BCUT2D eigenvalue weighted by molar-refractivity contribution is 14.0. The van der Waals surface area contributed by atoms with Gasteiger partial charge in [0.05, 0.1) is 0 Å². The summed E-state index contributed by atoms with van der Waals surface area (Å²) in [5, 5.41) is 6.74. The Balaban J connectivity index is 0.00000400. The third kappa shape index (κ3) is 7.02. The van der Waals surface area contributed by atoms with Crippen LogP contribution in [0.4, 0.5) is 5.69 Å². The molecule has 4 nitrogen and oxygen atoms in total. The first-order valence-corrected chi connectivity index (χ1v) is 7.17. The van der Waals surface area contributed by atoms with Crippen LogP contribution in [0, 0.1) is 5.92 Å². The fourth-order valence-electron chi connectivity index (χ4n) is 1.67. The van der Waals surface area contributed by atoms with E-state index in [1.807, 2.05) is 14.1 Å². The minimum atomic E-state index is 0. The van der Waals surface area contributed by atoms with E-state index in [1.165, 1.54) is 11.3 Å². The molecule has 0 bridgehead atoms. The number of nitrogens with one attached hydrogen (secondary N) is 2. The number of halogens is 1. The van der Waals surface area contributed by atoms with Gasteiger partial charge in [-0.15, -0.1) is 24.0 Å². The van der Waals surface area contributed by atoms with Crippen LogP contribution in [0.1, 0.15) is 26.3 Å². The molecule has 0 heterocycles. The number of hydrogen-bond acceptors (Lipinski definition) is 2. The van der Waals surface area contributed by atoms with Crippen LogP contribution in [-0.2, 0) is 6.54 Å². The largest absolute Gasteiger partial charge is 0.378 e. The maximum Gasteiger partial charge on any atom is 0.191 e. The van der Waals surface area contributed by atoms with Gasteiger partial charge in [0.2, 0.25) is 0 Å². The Morgan fingerprint density at radius 1 is 1.14 bits per heavy atom. The summed E-state index contributed by atoms with van der Waals surface area (Å²) >= 11 is 0. The van der Waals surface area contributed by atoms with Crippen LogP contribution < -0.4 is 15.5 Å². The lowest BCUT2D eigenvalue weighted by Gasteiger charge is -2.21. The maximum absolute atomic E-state index is 4.26. The maximum atomic E-state index is 4.26. The van der Waals surface area contributed by atoms with Crippen molar-refractivity contribution in [3.63, 3.8) is 0 Å². The molecule has 1 atom stereocenters. The zero-order valence-electron chi connectivity index (χ0n) is 14.0. The molecule has 21 heavy (non-hydrogen) atoms. The highest BCUT2D eigenvalue weighted by Crippen LogP contribution is 2.11. The quantitative estimate of drug-likeness (QED) is 0.450. The molecule has 1 aromatic rings. The van der Waals surface area contributed by atoms with Crippen molar-refractivity contribution in [2.24, 2.45) is 10.9 Å². The first-order valence-electron chi connectivity index (χ1n) is 7.17. The van der Waals surface area contributed by atoms with Gasteiger partial charge in [0, 0.05) is 39.4 Å². The topological polar surface area (TPSA) is 39.7 Å². The first kappa shape index (κ1) is 20.0. The molecule has 0 saturated heterocycles. The molecule has 0 aromatic heterocycles. The Kier molecular flexibility index (Phi) is 9.41. The summed E-state index contributed by atoms with van der Waals surface area (Å²) in [4.78, 5) is 6.36. The van der Waals surface area contributed by atoms with Crippen LogP contribution in [-0.4, -0.2) is 33.1 Å². The van der Waals surface area contributed by atoms with Crippen molar-refractivity contribution in [3.8, 4) is 0 Å². The molecule has 0 spiro atoms. The van der Waals surface area contributed by atoms with E-state index in [9.17, 15) is 0 Å². The van der Waals surface area contributed by atoms with Crippen LogP contribution in [0.25, 0.3) is 0 Å². The van der Waals surface area contributed by atoms with E-state index in [0.29, 0.717) is 12.0 Å². The van der Waals surface area contributed by atoms with Crippen molar-refractivity contribution < 1.29 is 0 Å². The molecular formula is C16H29IN4. The smallest absolute Gasteiger partial charge is 0.191 e. The zero-order chi connectivity index (χ0) is 15.1. The average molecular weight is 404 g/mol. The van der Waals surface area contributed by atoms with Gasteiger partial charge in [0.15, 0.2) is 5.96 Å². The Labute approximate surface area is 146 Å². The summed E-state index contributed by atoms with van der Waals surface area (Å²) in [5.41, 5.74) is 2.46. The van der Waals surface area contributed by atoms with E-state index in [1.54, 1.807) is 7.05 Å². The van der Waals surface area contributed by atoms with Crippen LogP contribution >= 0.6 is 24.0 Å². The van der Waals surface area contributed by atoms with Crippen LogP contribution in [0.2, 0.25) is 0 Å². The van der Waals surface area contributed by atoms with Crippen molar-refractivity contribution in [2.75, 3.05) is 26.0 Å². The molecule has 0 aliphatic heterocycles. The second-order valence-corrected chi connectivity index (χ2v) is 5.66. The summed E-state index contributed by atoms with van der Waals surface area (Å²) in [6.45, 7) is 7.34. The van der Waals surface area contributed by atoms with Crippen molar-refractivity contribution in [1.29, 1.82) is 0 Å². The highest BCUT2D eigenvalue weighted by atomic mass is 127. The molecule has 5 heteroatoms. The molecule has 120 valence electrons. The van der Waals surface area contributed by atoms with Gasteiger partial charge in [-0.05, 0) is 30.5 Å². The number of hydrogen-bond donors (Lipinski definition) is 2. The van der Waals surface area contributed by atoms with E-state index in [4.69, 9.17) is 0 Å². The van der Waals surface area contributed by atoms with Crippen LogP contribution in [0.3, 0.4) is 0 Å². The van der Waals surface area contributed by atoms with Gasteiger partial charge in [0.1, 0.15) is 0 Å². The third-order valence-electron chi connectivity index (χ3n) is 3.50. The summed E-state index contributed by atoms with van der Waals surface area (Å²) < 4.78 is 0. The minimum absolute atomic E-state index is 0. The fraction of sp³-hybridized carbons (Fsp3) is 0.562. The molecular weight excluding hydrogens is 375 g/mol. The van der Waals surface area contributed by atoms with Gasteiger partial charge in [0.25, 0.3) is 0 Å². The second-order valence-electron chi connectivity index (χ2n) is 5.66. The Morgan fingerprint density at radius 2 is 1.71 bits per heavy atom. The van der Waals surface area contributed by atoms with Gasteiger partial charge in [-0.25, -0.2) is 0 Å².